The Labute approximate surface area is 191 Å². The van der Waals surface area contributed by atoms with Crippen molar-refractivity contribution in [3.8, 4) is 11.1 Å². The van der Waals surface area contributed by atoms with Gasteiger partial charge in [-0.2, -0.15) is 0 Å². The minimum absolute atomic E-state index is 0.184. The summed E-state index contributed by atoms with van der Waals surface area (Å²) in [6, 6.07) is 3.95. The average molecular weight is 475 g/mol. The molecule has 8 nitrogen and oxygen atoms in total. The summed E-state index contributed by atoms with van der Waals surface area (Å²) in [5.74, 6) is -1.28. The van der Waals surface area contributed by atoms with Crippen LogP contribution in [0.2, 0.25) is 0 Å². The average Bonchev–Trinajstić information content (AvgIpc) is 2.75. The van der Waals surface area contributed by atoms with E-state index in [0.29, 0.717) is 17.3 Å². The molecule has 0 radical (unpaired) electrons. The van der Waals surface area contributed by atoms with Crippen LogP contribution in [0, 0.1) is 25.5 Å². The second-order valence-corrected chi connectivity index (χ2v) is 9.64. The number of rotatable bonds is 5. The van der Waals surface area contributed by atoms with Crippen molar-refractivity contribution in [1.29, 1.82) is 0 Å². The number of likely N-dealkylation sites (N-methyl/N-ethyl adjacent to an activating group) is 1. The highest BCUT2D eigenvalue weighted by atomic mass is 32.2. The van der Waals surface area contributed by atoms with Gasteiger partial charge in [0.2, 0.25) is 0 Å². The number of anilines is 2. The SMILES string of the molecule is Cc1ncc(-c2c(C)ncnc2N2CCN(C)CC2)cc1NS(=O)(=O)c1ccc(F)cc1F. The van der Waals surface area contributed by atoms with Crippen molar-refractivity contribution in [2.24, 2.45) is 0 Å². The smallest absolute Gasteiger partial charge is 0.264 e. The molecule has 1 saturated heterocycles. The third kappa shape index (κ3) is 4.79. The van der Waals surface area contributed by atoms with E-state index >= 15 is 0 Å². The quantitative estimate of drug-likeness (QED) is 0.608. The van der Waals surface area contributed by atoms with Crippen LogP contribution in [-0.4, -0.2) is 61.5 Å². The number of hydrogen-bond donors (Lipinski definition) is 1. The molecular formula is C22H24F2N6O2S. The van der Waals surface area contributed by atoms with Gasteiger partial charge in [-0.15, -0.1) is 0 Å². The number of benzene rings is 1. The van der Waals surface area contributed by atoms with Crippen molar-refractivity contribution in [3.05, 3.63) is 59.8 Å². The normalized spacial score (nSPS) is 15.0. The molecule has 0 atom stereocenters. The van der Waals surface area contributed by atoms with Crippen LogP contribution in [0.25, 0.3) is 11.1 Å². The van der Waals surface area contributed by atoms with Crippen LogP contribution in [-0.2, 0) is 10.0 Å². The molecule has 0 bridgehead atoms. The Bertz CT molecular complexity index is 1290. The number of nitrogens with zero attached hydrogens (tertiary/aromatic N) is 5. The van der Waals surface area contributed by atoms with Crippen molar-refractivity contribution in [3.63, 3.8) is 0 Å². The van der Waals surface area contributed by atoms with Crippen molar-refractivity contribution in [2.45, 2.75) is 18.7 Å². The van der Waals surface area contributed by atoms with Gasteiger partial charge < -0.3 is 9.80 Å². The third-order valence-corrected chi connectivity index (χ3v) is 7.02. The molecule has 0 unspecified atom stereocenters. The minimum Gasteiger partial charge on any atom is -0.353 e. The maximum Gasteiger partial charge on any atom is 0.264 e. The molecule has 33 heavy (non-hydrogen) atoms. The first-order valence-corrected chi connectivity index (χ1v) is 11.8. The Kier molecular flexibility index (Phi) is 6.26. The lowest BCUT2D eigenvalue weighted by atomic mass is 10.0. The monoisotopic (exact) mass is 474 g/mol. The summed E-state index contributed by atoms with van der Waals surface area (Å²) < 4.78 is 55.4. The maximum absolute atomic E-state index is 14.1. The molecule has 0 aliphatic carbocycles. The van der Waals surface area contributed by atoms with E-state index in [0.717, 1.165) is 55.4 Å². The lowest BCUT2D eigenvalue weighted by Gasteiger charge is -2.34. The first-order valence-electron chi connectivity index (χ1n) is 10.4. The largest absolute Gasteiger partial charge is 0.353 e. The van der Waals surface area contributed by atoms with Crippen LogP contribution in [0.3, 0.4) is 0 Å². The van der Waals surface area contributed by atoms with Crippen LogP contribution >= 0.6 is 0 Å². The van der Waals surface area contributed by atoms with Crippen molar-refractivity contribution in [2.75, 3.05) is 42.8 Å². The van der Waals surface area contributed by atoms with Crippen LogP contribution in [0.15, 0.2) is 41.7 Å². The second kappa shape index (κ2) is 8.99. The molecule has 3 heterocycles. The Morgan fingerprint density at radius 1 is 0.970 bits per heavy atom. The molecule has 3 aromatic rings. The highest BCUT2D eigenvalue weighted by Gasteiger charge is 2.24. The fraction of sp³-hybridized carbons (Fsp3) is 0.318. The summed E-state index contributed by atoms with van der Waals surface area (Å²) in [6.45, 7) is 6.86. The molecule has 0 saturated carbocycles. The Balaban J connectivity index is 1.73. The molecule has 0 spiro atoms. The van der Waals surface area contributed by atoms with E-state index in [2.05, 4.69) is 36.5 Å². The molecule has 4 rings (SSSR count). The number of aromatic nitrogens is 3. The summed E-state index contributed by atoms with van der Waals surface area (Å²) in [5, 5.41) is 0. The molecule has 174 valence electrons. The molecular weight excluding hydrogens is 450 g/mol. The van der Waals surface area contributed by atoms with Gasteiger partial charge in [0.1, 0.15) is 28.7 Å². The number of sulfonamides is 1. The van der Waals surface area contributed by atoms with Crippen molar-refractivity contribution >= 4 is 21.5 Å². The van der Waals surface area contributed by atoms with Crippen molar-refractivity contribution in [1.82, 2.24) is 19.9 Å². The third-order valence-electron chi connectivity index (χ3n) is 5.62. The standard InChI is InChI=1S/C22H24F2N6O2S/c1-14-19(28-33(31,32)20-5-4-17(23)11-18(20)24)10-16(12-25-14)21-15(2)26-13-27-22(21)30-8-6-29(3)7-9-30/h4-5,10-13,28H,6-9H2,1-3H3. The minimum atomic E-state index is -4.31. The lowest BCUT2D eigenvalue weighted by molar-refractivity contribution is 0.312. The highest BCUT2D eigenvalue weighted by Crippen LogP contribution is 2.34. The van der Waals surface area contributed by atoms with Gasteiger partial charge in [-0.3, -0.25) is 9.71 Å². The summed E-state index contributed by atoms with van der Waals surface area (Å²) in [4.78, 5) is 16.9. The lowest BCUT2D eigenvalue weighted by Crippen LogP contribution is -2.45. The maximum atomic E-state index is 14.1. The van der Waals surface area contributed by atoms with E-state index in [4.69, 9.17) is 0 Å². The summed E-state index contributed by atoms with van der Waals surface area (Å²) in [7, 11) is -2.24. The molecule has 2 aromatic heterocycles. The fourth-order valence-electron chi connectivity index (χ4n) is 3.72. The Hall–Kier alpha value is -3.18. The second-order valence-electron chi connectivity index (χ2n) is 7.99. The number of nitrogens with one attached hydrogen (secondary N) is 1. The predicted octanol–water partition coefficient (Wildman–Crippen LogP) is 2.99. The van der Waals surface area contributed by atoms with E-state index in [9.17, 15) is 17.2 Å². The number of pyridine rings is 1. The van der Waals surface area contributed by atoms with E-state index < -0.39 is 26.6 Å². The van der Waals surface area contributed by atoms with Gasteiger partial charge >= 0.3 is 0 Å². The molecule has 1 aliphatic rings. The molecule has 1 N–H and O–H groups in total. The molecule has 1 aliphatic heterocycles. The summed E-state index contributed by atoms with van der Waals surface area (Å²) in [6.07, 6.45) is 3.14. The zero-order valence-electron chi connectivity index (χ0n) is 18.5. The number of hydrogen-bond acceptors (Lipinski definition) is 7. The topological polar surface area (TPSA) is 91.3 Å². The van der Waals surface area contributed by atoms with Crippen LogP contribution in [0.4, 0.5) is 20.3 Å². The van der Waals surface area contributed by atoms with Gasteiger partial charge in [0, 0.05) is 49.6 Å². The van der Waals surface area contributed by atoms with Gasteiger partial charge in [-0.05, 0) is 39.1 Å². The zero-order valence-corrected chi connectivity index (χ0v) is 19.3. The highest BCUT2D eigenvalue weighted by molar-refractivity contribution is 7.92. The first-order chi connectivity index (χ1) is 15.7. The van der Waals surface area contributed by atoms with Gasteiger partial charge in [0.05, 0.1) is 17.1 Å². The van der Waals surface area contributed by atoms with E-state index in [1.54, 1.807) is 19.2 Å². The summed E-state index contributed by atoms with van der Waals surface area (Å²) in [5.41, 5.74) is 2.69. The van der Waals surface area contributed by atoms with E-state index in [1.807, 2.05) is 6.92 Å². The molecule has 1 aromatic carbocycles. The van der Waals surface area contributed by atoms with Gasteiger partial charge in [-0.1, -0.05) is 0 Å². The Morgan fingerprint density at radius 3 is 2.39 bits per heavy atom. The first kappa shape index (κ1) is 23.0. The Morgan fingerprint density at radius 2 is 1.70 bits per heavy atom. The fourth-order valence-corrected chi connectivity index (χ4v) is 4.89. The van der Waals surface area contributed by atoms with Crippen molar-refractivity contribution < 1.29 is 17.2 Å². The number of halogens is 2. The van der Waals surface area contributed by atoms with Gasteiger partial charge in [-0.25, -0.2) is 27.2 Å². The van der Waals surface area contributed by atoms with Crippen LogP contribution in [0.1, 0.15) is 11.4 Å². The van der Waals surface area contributed by atoms with Crippen LogP contribution < -0.4 is 9.62 Å². The van der Waals surface area contributed by atoms with Crippen LogP contribution in [0.5, 0.6) is 0 Å². The zero-order chi connectivity index (χ0) is 23.8. The number of aryl methyl sites for hydroxylation is 2. The number of piperazine rings is 1. The predicted molar refractivity (Wildman–Crippen MR) is 122 cm³/mol. The van der Waals surface area contributed by atoms with Gasteiger partial charge in [0.25, 0.3) is 10.0 Å². The summed E-state index contributed by atoms with van der Waals surface area (Å²) >= 11 is 0. The van der Waals surface area contributed by atoms with Gasteiger partial charge in [0.15, 0.2) is 0 Å². The van der Waals surface area contributed by atoms with E-state index in [1.165, 1.54) is 6.33 Å². The van der Waals surface area contributed by atoms with E-state index in [-0.39, 0.29) is 5.69 Å². The molecule has 0 amide bonds. The molecule has 11 heteroatoms. The molecule has 1 fully saturated rings.